The SMILES string of the molecule is Cc1ccc2ccc3ccc(-c4ccc5ccc(-c6ccc7ccc8ccc(C)nc8c7n6)cc5c4)nc3c2n1. The fraction of sp³-hybridized carbons (Fsp3) is 0.0556. The van der Waals surface area contributed by atoms with Crippen molar-refractivity contribution < 1.29 is 0 Å². The van der Waals surface area contributed by atoms with Crippen LogP contribution in [0.4, 0.5) is 0 Å². The second kappa shape index (κ2) is 8.65. The molecule has 4 aromatic carbocycles. The van der Waals surface area contributed by atoms with Crippen molar-refractivity contribution in [3.05, 3.63) is 121 Å². The van der Waals surface area contributed by atoms with Gasteiger partial charge in [0, 0.05) is 44.1 Å². The Bertz CT molecular complexity index is 2140. The Labute approximate surface area is 231 Å². The van der Waals surface area contributed by atoms with Crippen LogP contribution in [-0.2, 0) is 0 Å². The molecule has 4 heteroatoms. The Morgan fingerprint density at radius 1 is 0.325 bits per heavy atom. The molecule has 0 fully saturated rings. The molecule has 8 aromatic rings. The number of fused-ring (bicyclic) bond motifs is 7. The van der Waals surface area contributed by atoms with Crippen LogP contribution in [0.5, 0.6) is 0 Å². The maximum Gasteiger partial charge on any atom is 0.0972 e. The Kier molecular flexibility index (Phi) is 4.92. The van der Waals surface area contributed by atoms with Gasteiger partial charge in [0.05, 0.1) is 33.5 Å². The summed E-state index contributed by atoms with van der Waals surface area (Å²) in [5.41, 5.74) is 9.77. The second-order valence-corrected chi connectivity index (χ2v) is 10.5. The first-order valence-electron chi connectivity index (χ1n) is 13.5. The van der Waals surface area contributed by atoms with E-state index in [1.54, 1.807) is 0 Å². The van der Waals surface area contributed by atoms with Crippen LogP contribution in [0.15, 0.2) is 109 Å². The van der Waals surface area contributed by atoms with Gasteiger partial charge in [-0.05, 0) is 61.0 Å². The minimum atomic E-state index is 0.934. The lowest BCUT2D eigenvalue weighted by molar-refractivity contribution is 1.25. The highest BCUT2D eigenvalue weighted by Gasteiger charge is 2.10. The minimum Gasteiger partial charge on any atom is -0.251 e. The lowest BCUT2D eigenvalue weighted by Crippen LogP contribution is -1.91. The third-order valence-electron chi connectivity index (χ3n) is 7.75. The number of nitrogens with zero attached hydrogens (tertiary/aromatic N) is 4. The summed E-state index contributed by atoms with van der Waals surface area (Å²) < 4.78 is 0. The van der Waals surface area contributed by atoms with Crippen LogP contribution in [0.2, 0.25) is 0 Å². The van der Waals surface area contributed by atoms with E-state index < -0.39 is 0 Å². The molecule has 0 aliphatic heterocycles. The summed E-state index contributed by atoms with van der Waals surface area (Å²) in [6.07, 6.45) is 0. The van der Waals surface area contributed by atoms with Crippen molar-refractivity contribution in [3.8, 4) is 22.5 Å². The van der Waals surface area contributed by atoms with Crippen molar-refractivity contribution in [1.82, 2.24) is 19.9 Å². The molecule has 0 radical (unpaired) electrons. The topological polar surface area (TPSA) is 51.6 Å². The van der Waals surface area contributed by atoms with Crippen molar-refractivity contribution in [1.29, 1.82) is 0 Å². The number of rotatable bonds is 2. The van der Waals surface area contributed by atoms with Crippen molar-refractivity contribution in [2.75, 3.05) is 0 Å². The normalized spacial score (nSPS) is 11.8. The maximum absolute atomic E-state index is 5.09. The third-order valence-corrected chi connectivity index (χ3v) is 7.75. The molecule has 4 aromatic heterocycles. The van der Waals surface area contributed by atoms with E-state index >= 15 is 0 Å². The van der Waals surface area contributed by atoms with E-state index in [1.165, 1.54) is 5.39 Å². The zero-order valence-electron chi connectivity index (χ0n) is 22.2. The first kappa shape index (κ1) is 22.7. The van der Waals surface area contributed by atoms with Gasteiger partial charge in [0.1, 0.15) is 0 Å². The van der Waals surface area contributed by atoms with E-state index in [4.69, 9.17) is 19.9 Å². The fourth-order valence-corrected chi connectivity index (χ4v) is 5.62. The summed E-state index contributed by atoms with van der Waals surface area (Å²) in [5, 5.41) is 6.73. The average molecular weight is 513 g/mol. The van der Waals surface area contributed by atoms with Gasteiger partial charge in [-0.3, -0.25) is 9.97 Å². The summed E-state index contributed by atoms with van der Waals surface area (Å²) in [4.78, 5) is 19.8. The second-order valence-electron chi connectivity index (χ2n) is 10.5. The Balaban J connectivity index is 1.26. The zero-order valence-corrected chi connectivity index (χ0v) is 22.2. The molecule has 0 spiro atoms. The highest BCUT2D eigenvalue weighted by Crippen LogP contribution is 2.31. The zero-order chi connectivity index (χ0) is 26.8. The van der Waals surface area contributed by atoms with Crippen LogP contribution in [0, 0.1) is 13.8 Å². The third kappa shape index (κ3) is 3.69. The number of benzene rings is 4. The Morgan fingerprint density at radius 2 is 0.675 bits per heavy atom. The molecule has 0 atom stereocenters. The van der Waals surface area contributed by atoms with E-state index in [0.29, 0.717) is 0 Å². The van der Waals surface area contributed by atoms with Gasteiger partial charge in [-0.2, -0.15) is 0 Å². The molecule has 0 aliphatic carbocycles. The molecule has 40 heavy (non-hydrogen) atoms. The van der Waals surface area contributed by atoms with Crippen LogP contribution in [0.3, 0.4) is 0 Å². The van der Waals surface area contributed by atoms with Crippen LogP contribution in [-0.4, -0.2) is 19.9 Å². The largest absolute Gasteiger partial charge is 0.251 e. The summed E-state index contributed by atoms with van der Waals surface area (Å²) in [6, 6.07) is 38.3. The van der Waals surface area contributed by atoms with Gasteiger partial charge in [0.2, 0.25) is 0 Å². The number of hydrogen-bond acceptors (Lipinski definition) is 4. The van der Waals surface area contributed by atoms with Gasteiger partial charge in [-0.25, -0.2) is 9.97 Å². The van der Waals surface area contributed by atoms with Crippen molar-refractivity contribution in [2.24, 2.45) is 0 Å². The minimum absolute atomic E-state index is 0.934. The fourth-order valence-electron chi connectivity index (χ4n) is 5.62. The lowest BCUT2D eigenvalue weighted by atomic mass is 10.00. The molecular weight excluding hydrogens is 488 g/mol. The van der Waals surface area contributed by atoms with Crippen molar-refractivity contribution in [2.45, 2.75) is 13.8 Å². The van der Waals surface area contributed by atoms with Crippen molar-refractivity contribution >= 4 is 54.4 Å². The van der Waals surface area contributed by atoms with E-state index in [2.05, 4.69) is 97.1 Å². The first-order valence-corrected chi connectivity index (χ1v) is 13.5. The molecule has 0 N–H and O–H groups in total. The predicted molar refractivity (Wildman–Crippen MR) is 165 cm³/mol. The molecule has 0 aliphatic rings. The molecule has 0 saturated heterocycles. The van der Waals surface area contributed by atoms with E-state index in [0.717, 1.165) is 82.9 Å². The molecular formula is C36H24N4. The summed E-state index contributed by atoms with van der Waals surface area (Å²) >= 11 is 0. The Morgan fingerprint density at radius 3 is 1.12 bits per heavy atom. The van der Waals surface area contributed by atoms with Gasteiger partial charge >= 0.3 is 0 Å². The maximum atomic E-state index is 5.09. The first-order chi connectivity index (χ1) is 19.6. The number of aryl methyl sites for hydroxylation is 2. The highest BCUT2D eigenvalue weighted by atomic mass is 14.8. The van der Waals surface area contributed by atoms with E-state index in [-0.39, 0.29) is 0 Å². The average Bonchev–Trinajstić information content (AvgIpc) is 3.00. The van der Waals surface area contributed by atoms with Gasteiger partial charge in [0.25, 0.3) is 0 Å². The summed E-state index contributed by atoms with van der Waals surface area (Å²) in [7, 11) is 0. The number of hydrogen-bond donors (Lipinski definition) is 0. The molecule has 0 saturated carbocycles. The van der Waals surface area contributed by atoms with Crippen LogP contribution < -0.4 is 0 Å². The van der Waals surface area contributed by atoms with Gasteiger partial charge in [-0.1, -0.05) is 72.8 Å². The smallest absolute Gasteiger partial charge is 0.0972 e. The molecule has 0 bridgehead atoms. The summed E-state index contributed by atoms with van der Waals surface area (Å²) in [6.45, 7) is 4.04. The molecule has 4 heterocycles. The van der Waals surface area contributed by atoms with Crippen LogP contribution >= 0.6 is 0 Å². The van der Waals surface area contributed by atoms with Crippen LogP contribution in [0.25, 0.3) is 76.9 Å². The lowest BCUT2D eigenvalue weighted by Gasteiger charge is -2.09. The highest BCUT2D eigenvalue weighted by molar-refractivity contribution is 6.05. The van der Waals surface area contributed by atoms with Crippen molar-refractivity contribution in [3.63, 3.8) is 0 Å². The summed E-state index contributed by atoms with van der Waals surface area (Å²) in [5.74, 6) is 0. The standard InChI is InChI=1S/C36H24N4/c1-21-3-5-24-9-11-26-15-17-31(39-35(26)33(24)37-21)28-13-7-23-8-14-29(20-30(23)19-28)32-18-16-27-12-10-25-6-4-22(2)38-34(25)36(27)40-32/h3-20H,1-2H3. The van der Waals surface area contributed by atoms with E-state index in [9.17, 15) is 0 Å². The van der Waals surface area contributed by atoms with Gasteiger partial charge < -0.3 is 0 Å². The number of aromatic nitrogens is 4. The molecule has 188 valence electrons. The van der Waals surface area contributed by atoms with Gasteiger partial charge in [0.15, 0.2) is 0 Å². The predicted octanol–water partition coefficient (Wildman–Crippen LogP) is 8.98. The molecule has 8 rings (SSSR count). The van der Waals surface area contributed by atoms with Gasteiger partial charge in [-0.15, -0.1) is 0 Å². The quantitative estimate of drug-likeness (QED) is 0.217. The molecule has 0 unspecified atom stereocenters. The molecule has 4 nitrogen and oxygen atoms in total. The monoisotopic (exact) mass is 512 g/mol. The molecule has 0 amide bonds. The Hall–Kier alpha value is -5.22. The number of pyridine rings is 4. The van der Waals surface area contributed by atoms with E-state index in [1.807, 2.05) is 26.0 Å². The van der Waals surface area contributed by atoms with Crippen LogP contribution in [0.1, 0.15) is 11.4 Å².